The molecule has 0 unspecified atom stereocenters. The third kappa shape index (κ3) is 4.74. The Bertz CT molecular complexity index is 573. The zero-order chi connectivity index (χ0) is 16.9. The Kier molecular flexibility index (Phi) is 6.19. The Hall–Kier alpha value is -1.05. The van der Waals surface area contributed by atoms with Crippen molar-refractivity contribution in [3.8, 4) is 0 Å². The molecule has 0 aliphatic carbocycles. The van der Waals surface area contributed by atoms with Crippen molar-refractivity contribution < 1.29 is 9.53 Å². The molecule has 2 amide bonds. The highest BCUT2D eigenvalue weighted by Crippen LogP contribution is 2.25. The lowest BCUT2D eigenvalue weighted by atomic mass is 10.2. The summed E-state index contributed by atoms with van der Waals surface area (Å²) in [5, 5.41) is 7.11. The molecule has 2 saturated heterocycles. The zero-order valence-electron chi connectivity index (χ0n) is 13.4. The number of hydrogen-bond acceptors (Lipinski definition) is 4. The van der Waals surface area contributed by atoms with E-state index in [9.17, 15) is 4.79 Å². The van der Waals surface area contributed by atoms with Crippen LogP contribution in [0.3, 0.4) is 0 Å². The van der Waals surface area contributed by atoms with Gasteiger partial charge in [-0.1, -0.05) is 23.2 Å². The van der Waals surface area contributed by atoms with Crippen molar-refractivity contribution in [3.63, 3.8) is 0 Å². The van der Waals surface area contributed by atoms with Crippen molar-refractivity contribution in [2.75, 3.05) is 57.7 Å². The van der Waals surface area contributed by atoms with Crippen LogP contribution in [-0.2, 0) is 4.74 Å². The Balaban J connectivity index is 1.45. The largest absolute Gasteiger partial charge is 0.374 e. The topological polar surface area (TPSA) is 56.8 Å². The van der Waals surface area contributed by atoms with Gasteiger partial charge in [-0.2, -0.15) is 0 Å². The number of morpholine rings is 1. The number of urea groups is 1. The molecule has 1 aromatic carbocycles. The van der Waals surface area contributed by atoms with Crippen LogP contribution in [-0.4, -0.2) is 74.4 Å². The first-order chi connectivity index (χ1) is 11.6. The van der Waals surface area contributed by atoms with Gasteiger partial charge < -0.3 is 20.3 Å². The molecular weight excluding hydrogens is 351 g/mol. The quantitative estimate of drug-likeness (QED) is 0.853. The van der Waals surface area contributed by atoms with Crippen molar-refractivity contribution in [2.24, 2.45) is 0 Å². The van der Waals surface area contributed by atoms with Crippen molar-refractivity contribution >= 4 is 34.9 Å². The van der Waals surface area contributed by atoms with E-state index in [2.05, 4.69) is 15.5 Å². The summed E-state index contributed by atoms with van der Waals surface area (Å²) in [5.74, 6) is 0. The molecule has 2 heterocycles. The van der Waals surface area contributed by atoms with Crippen molar-refractivity contribution in [1.82, 2.24) is 15.1 Å². The number of carbonyl (C=O) groups is 1. The van der Waals surface area contributed by atoms with Crippen LogP contribution in [0.15, 0.2) is 18.2 Å². The summed E-state index contributed by atoms with van der Waals surface area (Å²) in [4.78, 5) is 16.5. The molecule has 2 fully saturated rings. The monoisotopic (exact) mass is 372 g/mol. The van der Waals surface area contributed by atoms with Gasteiger partial charge in [0.1, 0.15) is 0 Å². The van der Waals surface area contributed by atoms with Crippen LogP contribution in [0.5, 0.6) is 0 Å². The number of benzene rings is 1. The van der Waals surface area contributed by atoms with Gasteiger partial charge in [0.15, 0.2) is 0 Å². The number of halogens is 2. The normalized spacial score (nSPS) is 22.4. The number of hydrogen-bond donors (Lipinski definition) is 2. The van der Waals surface area contributed by atoms with Crippen LogP contribution in [0.4, 0.5) is 10.5 Å². The summed E-state index contributed by atoms with van der Waals surface area (Å²) in [7, 11) is 0. The van der Waals surface area contributed by atoms with Crippen molar-refractivity contribution in [1.29, 1.82) is 0 Å². The van der Waals surface area contributed by atoms with E-state index in [1.165, 1.54) is 0 Å². The first-order valence-corrected chi connectivity index (χ1v) is 8.93. The maximum atomic E-state index is 12.3. The van der Waals surface area contributed by atoms with Crippen molar-refractivity contribution in [2.45, 2.75) is 6.10 Å². The zero-order valence-corrected chi connectivity index (χ0v) is 14.9. The highest BCUT2D eigenvalue weighted by atomic mass is 35.5. The minimum Gasteiger partial charge on any atom is -0.374 e. The maximum Gasteiger partial charge on any atom is 0.321 e. The minimum absolute atomic E-state index is 0.108. The molecule has 3 rings (SSSR count). The Morgan fingerprint density at radius 2 is 2.04 bits per heavy atom. The van der Waals surface area contributed by atoms with Gasteiger partial charge in [0.25, 0.3) is 0 Å². The first-order valence-electron chi connectivity index (χ1n) is 8.17. The van der Waals surface area contributed by atoms with E-state index in [1.807, 2.05) is 4.90 Å². The predicted octanol–water partition coefficient (Wildman–Crippen LogP) is 2.13. The number of piperazine rings is 1. The standard InChI is InChI=1S/C16H22Cl2N4O2/c17-14-2-1-12(9-15(14)18)20-16(23)22-6-4-21(5-7-22)11-13-10-19-3-8-24-13/h1-2,9,13,19H,3-8,10-11H2,(H,20,23)/t13-/m1/s1. The maximum absolute atomic E-state index is 12.3. The van der Waals surface area contributed by atoms with Crippen LogP contribution < -0.4 is 10.6 Å². The van der Waals surface area contributed by atoms with Gasteiger partial charge in [0, 0.05) is 51.5 Å². The molecule has 2 aliphatic rings. The highest BCUT2D eigenvalue weighted by molar-refractivity contribution is 6.42. The van der Waals surface area contributed by atoms with Crippen LogP contribution in [0.2, 0.25) is 10.0 Å². The van der Waals surface area contributed by atoms with Gasteiger partial charge >= 0.3 is 6.03 Å². The summed E-state index contributed by atoms with van der Waals surface area (Å²) in [6, 6.07) is 4.97. The fourth-order valence-corrected chi connectivity index (χ4v) is 3.23. The second-order valence-corrected chi connectivity index (χ2v) is 6.86. The third-order valence-electron chi connectivity index (χ3n) is 4.30. The molecule has 24 heavy (non-hydrogen) atoms. The van der Waals surface area contributed by atoms with E-state index < -0.39 is 0 Å². The lowest BCUT2D eigenvalue weighted by Crippen LogP contribution is -2.53. The summed E-state index contributed by atoms with van der Waals surface area (Å²) < 4.78 is 5.73. The SMILES string of the molecule is O=C(Nc1ccc(Cl)c(Cl)c1)N1CCN(C[C@H]2CNCCO2)CC1. The molecule has 2 N–H and O–H groups in total. The van der Waals surface area contributed by atoms with E-state index in [0.29, 0.717) is 28.8 Å². The lowest BCUT2D eigenvalue weighted by molar-refractivity contribution is -0.00112. The molecule has 1 aromatic rings. The smallest absolute Gasteiger partial charge is 0.321 e. The number of rotatable bonds is 3. The van der Waals surface area contributed by atoms with E-state index >= 15 is 0 Å². The number of ether oxygens (including phenoxy) is 1. The van der Waals surface area contributed by atoms with Gasteiger partial charge in [-0.05, 0) is 18.2 Å². The van der Waals surface area contributed by atoms with E-state index in [1.54, 1.807) is 18.2 Å². The van der Waals surface area contributed by atoms with E-state index in [-0.39, 0.29) is 12.1 Å². The summed E-state index contributed by atoms with van der Waals surface area (Å²) >= 11 is 11.9. The summed E-state index contributed by atoms with van der Waals surface area (Å²) in [5.41, 5.74) is 0.651. The highest BCUT2D eigenvalue weighted by Gasteiger charge is 2.24. The molecule has 0 saturated carbocycles. The van der Waals surface area contributed by atoms with Gasteiger partial charge in [-0.25, -0.2) is 4.79 Å². The average Bonchev–Trinajstić information content (AvgIpc) is 2.60. The second kappa shape index (κ2) is 8.36. The number of anilines is 1. The predicted molar refractivity (Wildman–Crippen MR) is 96.1 cm³/mol. The number of amides is 2. The molecule has 0 radical (unpaired) electrons. The molecule has 6 nitrogen and oxygen atoms in total. The van der Waals surface area contributed by atoms with Gasteiger partial charge in [-0.3, -0.25) is 4.90 Å². The second-order valence-electron chi connectivity index (χ2n) is 6.04. The minimum atomic E-state index is -0.108. The summed E-state index contributed by atoms with van der Waals surface area (Å²) in [6.45, 7) is 6.63. The number of nitrogens with one attached hydrogen (secondary N) is 2. The van der Waals surface area contributed by atoms with Crippen LogP contribution >= 0.6 is 23.2 Å². The molecule has 1 atom stereocenters. The molecule has 8 heteroatoms. The fourth-order valence-electron chi connectivity index (χ4n) is 2.93. The Morgan fingerprint density at radius 1 is 1.25 bits per heavy atom. The van der Waals surface area contributed by atoms with Gasteiger partial charge in [0.05, 0.1) is 22.8 Å². The molecule has 0 spiro atoms. The van der Waals surface area contributed by atoms with Gasteiger partial charge in [0.2, 0.25) is 0 Å². The fraction of sp³-hybridized carbons (Fsp3) is 0.562. The van der Waals surface area contributed by atoms with Crippen LogP contribution in [0.25, 0.3) is 0 Å². The molecular formula is C16H22Cl2N4O2. The van der Waals surface area contributed by atoms with E-state index in [4.69, 9.17) is 27.9 Å². The Morgan fingerprint density at radius 3 is 2.71 bits per heavy atom. The molecule has 132 valence electrons. The molecule has 0 bridgehead atoms. The van der Waals surface area contributed by atoms with Crippen LogP contribution in [0.1, 0.15) is 0 Å². The number of nitrogens with zero attached hydrogens (tertiary/aromatic N) is 2. The average molecular weight is 373 g/mol. The third-order valence-corrected chi connectivity index (χ3v) is 5.04. The lowest BCUT2D eigenvalue weighted by Gasteiger charge is -2.37. The molecule has 2 aliphatic heterocycles. The number of carbonyl (C=O) groups excluding carboxylic acids is 1. The Labute approximate surface area is 152 Å². The van der Waals surface area contributed by atoms with Gasteiger partial charge in [-0.15, -0.1) is 0 Å². The molecule has 0 aromatic heterocycles. The summed E-state index contributed by atoms with van der Waals surface area (Å²) in [6.07, 6.45) is 0.246. The van der Waals surface area contributed by atoms with Crippen molar-refractivity contribution in [3.05, 3.63) is 28.2 Å². The van der Waals surface area contributed by atoms with E-state index in [0.717, 1.165) is 39.3 Å². The van der Waals surface area contributed by atoms with Crippen LogP contribution in [0, 0.1) is 0 Å². The first kappa shape index (κ1) is 17.8.